The molecule has 0 saturated carbocycles. The van der Waals surface area contributed by atoms with E-state index in [1.807, 2.05) is 32.9 Å². The highest BCUT2D eigenvalue weighted by molar-refractivity contribution is 5.67. The molecule has 0 atom stereocenters. The van der Waals surface area contributed by atoms with E-state index in [2.05, 4.69) is 10.3 Å². The Morgan fingerprint density at radius 2 is 2.19 bits per heavy atom. The SMILES string of the molecule is COc1ncc(C=CCCNC(=O)OC(C)(C)C)cc1N. The standard InChI is InChI=1S/C15H23N3O3/c1-15(2,3)21-14(19)17-8-6-5-7-11-9-12(16)13(20-4)18-10-11/h5,7,9-10H,6,8,16H2,1-4H3,(H,17,19). The van der Waals surface area contributed by atoms with Gasteiger partial charge in [0.15, 0.2) is 0 Å². The van der Waals surface area contributed by atoms with Gasteiger partial charge in [-0.3, -0.25) is 0 Å². The third-order valence-electron chi connectivity index (χ3n) is 2.38. The Labute approximate surface area is 125 Å². The minimum absolute atomic E-state index is 0.411. The summed E-state index contributed by atoms with van der Waals surface area (Å²) in [5.41, 5.74) is 6.66. The van der Waals surface area contributed by atoms with Crippen molar-refractivity contribution >= 4 is 17.9 Å². The number of pyridine rings is 1. The summed E-state index contributed by atoms with van der Waals surface area (Å²) in [6, 6.07) is 1.78. The fourth-order valence-corrected chi connectivity index (χ4v) is 1.54. The lowest BCUT2D eigenvalue weighted by atomic mass is 10.2. The number of amides is 1. The van der Waals surface area contributed by atoms with Crippen LogP contribution in [0.25, 0.3) is 6.08 Å². The van der Waals surface area contributed by atoms with Crippen molar-refractivity contribution in [1.29, 1.82) is 0 Å². The lowest BCUT2D eigenvalue weighted by molar-refractivity contribution is 0.0529. The Morgan fingerprint density at radius 1 is 1.48 bits per heavy atom. The molecule has 0 bridgehead atoms. The quantitative estimate of drug-likeness (QED) is 0.815. The summed E-state index contributed by atoms with van der Waals surface area (Å²) in [6.07, 6.45) is 5.77. The first kappa shape index (κ1) is 16.8. The van der Waals surface area contributed by atoms with Gasteiger partial charge in [-0.05, 0) is 38.8 Å². The van der Waals surface area contributed by atoms with E-state index in [0.717, 1.165) is 5.56 Å². The van der Waals surface area contributed by atoms with Gasteiger partial charge in [-0.2, -0.15) is 0 Å². The van der Waals surface area contributed by atoms with Crippen LogP contribution in [0.15, 0.2) is 18.3 Å². The molecule has 0 aliphatic heterocycles. The lowest BCUT2D eigenvalue weighted by Crippen LogP contribution is -2.32. The highest BCUT2D eigenvalue weighted by Gasteiger charge is 2.15. The van der Waals surface area contributed by atoms with Crippen molar-refractivity contribution in [2.75, 3.05) is 19.4 Å². The fraction of sp³-hybridized carbons (Fsp3) is 0.467. The minimum atomic E-state index is -0.480. The first-order valence-electron chi connectivity index (χ1n) is 6.75. The molecule has 0 saturated heterocycles. The van der Waals surface area contributed by atoms with Crippen LogP contribution in [0.2, 0.25) is 0 Å². The molecule has 1 amide bonds. The van der Waals surface area contributed by atoms with Gasteiger partial charge in [0.1, 0.15) is 5.60 Å². The maximum atomic E-state index is 11.4. The van der Waals surface area contributed by atoms with Gasteiger partial charge < -0.3 is 20.5 Å². The number of nitrogens with zero attached hydrogens (tertiary/aromatic N) is 1. The number of rotatable bonds is 5. The molecule has 1 aromatic heterocycles. The molecule has 116 valence electrons. The molecule has 1 heterocycles. The average molecular weight is 293 g/mol. The first-order chi connectivity index (χ1) is 9.81. The van der Waals surface area contributed by atoms with Crippen LogP contribution >= 0.6 is 0 Å². The summed E-state index contributed by atoms with van der Waals surface area (Å²) in [4.78, 5) is 15.5. The molecule has 21 heavy (non-hydrogen) atoms. The van der Waals surface area contributed by atoms with E-state index < -0.39 is 11.7 Å². The van der Waals surface area contributed by atoms with E-state index >= 15 is 0 Å². The predicted molar refractivity (Wildman–Crippen MR) is 83.1 cm³/mol. The molecule has 1 aromatic rings. The second kappa shape index (κ2) is 7.52. The van der Waals surface area contributed by atoms with E-state index in [1.54, 1.807) is 12.3 Å². The van der Waals surface area contributed by atoms with Gasteiger partial charge in [-0.1, -0.05) is 12.2 Å². The number of aromatic nitrogens is 1. The number of carbonyl (C=O) groups is 1. The smallest absolute Gasteiger partial charge is 0.407 e. The highest BCUT2D eigenvalue weighted by Crippen LogP contribution is 2.18. The van der Waals surface area contributed by atoms with Crippen LogP contribution in [0.5, 0.6) is 5.88 Å². The van der Waals surface area contributed by atoms with E-state index in [-0.39, 0.29) is 0 Å². The Kier molecular flexibility index (Phi) is 6.02. The number of methoxy groups -OCH3 is 1. The van der Waals surface area contributed by atoms with Crippen LogP contribution in [0.1, 0.15) is 32.8 Å². The van der Waals surface area contributed by atoms with Gasteiger partial charge in [0, 0.05) is 12.7 Å². The lowest BCUT2D eigenvalue weighted by Gasteiger charge is -2.19. The van der Waals surface area contributed by atoms with Crippen LogP contribution in [0.3, 0.4) is 0 Å². The molecule has 1 rings (SSSR count). The molecule has 6 heteroatoms. The van der Waals surface area contributed by atoms with Gasteiger partial charge in [-0.15, -0.1) is 0 Å². The van der Waals surface area contributed by atoms with Crippen LogP contribution in [-0.4, -0.2) is 30.3 Å². The number of nitrogen functional groups attached to an aromatic ring is 1. The Balaban J connectivity index is 2.35. The number of nitrogens with two attached hydrogens (primary N) is 1. The average Bonchev–Trinajstić information content (AvgIpc) is 2.36. The van der Waals surface area contributed by atoms with Crippen molar-refractivity contribution in [3.8, 4) is 5.88 Å². The molecule has 0 aliphatic carbocycles. The van der Waals surface area contributed by atoms with Crippen molar-refractivity contribution in [3.05, 3.63) is 23.9 Å². The normalized spacial score (nSPS) is 11.4. The third-order valence-corrected chi connectivity index (χ3v) is 2.38. The minimum Gasteiger partial charge on any atom is -0.480 e. The van der Waals surface area contributed by atoms with Gasteiger partial charge in [0.25, 0.3) is 0 Å². The number of hydrogen-bond acceptors (Lipinski definition) is 5. The maximum Gasteiger partial charge on any atom is 0.407 e. The molecule has 0 unspecified atom stereocenters. The topological polar surface area (TPSA) is 86.5 Å². The molecule has 0 spiro atoms. The number of ether oxygens (including phenoxy) is 2. The van der Waals surface area contributed by atoms with Crippen molar-refractivity contribution < 1.29 is 14.3 Å². The van der Waals surface area contributed by atoms with E-state index in [9.17, 15) is 4.79 Å². The molecular formula is C15H23N3O3. The number of carbonyl (C=O) groups excluding carboxylic acids is 1. The summed E-state index contributed by atoms with van der Waals surface area (Å²) in [5.74, 6) is 0.416. The van der Waals surface area contributed by atoms with Gasteiger partial charge in [-0.25, -0.2) is 9.78 Å². The molecule has 6 nitrogen and oxygen atoms in total. The molecule has 0 aliphatic rings. The zero-order valence-electron chi connectivity index (χ0n) is 13.0. The molecule has 0 radical (unpaired) electrons. The molecule has 0 fully saturated rings. The summed E-state index contributed by atoms with van der Waals surface area (Å²) < 4.78 is 10.1. The summed E-state index contributed by atoms with van der Waals surface area (Å²) in [6.45, 7) is 5.99. The third kappa shape index (κ3) is 6.65. The van der Waals surface area contributed by atoms with Crippen LogP contribution in [0, 0.1) is 0 Å². The molecular weight excluding hydrogens is 270 g/mol. The Hall–Kier alpha value is -2.24. The van der Waals surface area contributed by atoms with Crippen molar-refractivity contribution in [1.82, 2.24) is 10.3 Å². The Morgan fingerprint density at radius 3 is 2.76 bits per heavy atom. The van der Waals surface area contributed by atoms with Crippen LogP contribution in [-0.2, 0) is 4.74 Å². The molecule has 3 N–H and O–H groups in total. The van der Waals surface area contributed by atoms with Crippen molar-refractivity contribution in [3.63, 3.8) is 0 Å². The van der Waals surface area contributed by atoms with Crippen LogP contribution in [0.4, 0.5) is 10.5 Å². The Bertz CT molecular complexity index is 507. The largest absolute Gasteiger partial charge is 0.480 e. The highest BCUT2D eigenvalue weighted by atomic mass is 16.6. The van der Waals surface area contributed by atoms with Gasteiger partial charge in [0.05, 0.1) is 12.8 Å². The summed E-state index contributed by atoms with van der Waals surface area (Å²) in [5, 5.41) is 2.68. The summed E-state index contributed by atoms with van der Waals surface area (Å²) in [7, 11) is 1.52. The monoisotopic (exact) mass is 293 g/mol. The maximum absolute atomic E-state index is 11.4. The second-order valence-electron chi connectivity index (χ2n) is 5.49. The predicted octanol–water partition coefficient (Wildman–Crippen LogP) is 2.60. The fourth-order valence-electron chi connectivity index (χ4n) is 1.54. The number of hydrogen-bond donors (Lipinski definition) is 2. The zero-order chi connectivity index (χ0) is 15.9. The van der Waals surface area contributed by atoms with E-state index in [4.69, 9.17) is 15.2 Å². The van der Waals surface area contributed by atoms with Crippen molar-refractivity contribution in [2.45, 2.75) is 32.8 Å². The first-order valence-corrected chi connectivity index (χ1v) is 6.75. The zero-order valence-corrected chi connectivity index (χ0v) is 13.0. The van der Waals surface area contributed by atoms with Crippen LogP contribution < -0.4 is 15.8 Å². The van der Waals surface area contributed by atoms with E-state index in [0.29, 0.717) is 24.5 Å². The summed E-state index contributed by atoms with van der Waals surface area (Å²) >= 11 is 0. The number of nitrogens with one attached hydrogen (secondary N) is 1. The number of anilines is 1. The van der Waals surface area contributed by atoms with E-state index in [1.165, 1.54) is 7.11 Å². The van der Waals surface area contributed by atoms with Gasteiger partial charge >= 0.3 is 6.09 Å². The molecule has 0 aromatic carbocycles. The van der Waals surface area contributed by atoms with Crippen molar-refractivity contribution in [2.24, 2.45) is 0 Å². The van der Waals surface area contributed by atoms with Gasteiger partial charge in [0.2, 0.25) is 5.88 Å². The number of alkyl carbamates (subject to hydrolysis) is 1. The second-order valence-corrected chi connectivity index (χ2v) is 5.49.